The van der Waals surface area contributed by atoms with Gasteiger partial charge in [-0.25, -0.2) is 0 Å². The second kappa shape index (κ2) is 5.78. The fourth-order valence-corrected chi connectivity index (χ4v) is 1.64. The fraction of sp³-hybridized carbons (Fsp3) is 0.500. The Kier molecular flexibility index (Phi) is 4.62. The monoisotopic (exact) mass is 212 g/mol. The molecule has 1 rings (SSSR count). The first-order chi connectivity index (χ1) is 6.74. The predicted molar refractivity (Wildman–Crippen MR) is 60.7 cm³/mol. The van der Waals surface area contributed by atoms with Crippen LogP contribution in [0, 0.1) is 5.92 Å². The zero-order valence-corrected chi connectivity index (χ0v) is 9.36. The summed E-state index contributed by atoms with van der Waals surface area (Å²) in [6, 6.07) is 1.91. The van der Waals surface area contributed by atoms with E-state index in [2.05, 4.69) is 10.6 Å². The molecule has 1 amide bonds. The van der Waals surface area contributed by atoms with Crippen LogP contribution in [-0.2, 0) is 4.79 Å². The average Bonchev–Trinajstić information content (AvgIpc) is 2.66. The van der Waals surface area contributed by atoms with Gasteiger partial charge in [0, 0.05) is 17.8 Å². The highest BCUT2D eigenvalue weighted by molar-refractivity contribution is 7.08. The lowest BCUT2D eigenvalue weighted by molar-refractivity contribution is -0.119. The van der Waals surface area contributed by atoms with E-state index in [0.717, 1.165) is 18.8 Å². The van der Waals surface area contributed by atoms with E-state index >= 15 is 0 Å². The van der Waals surface area contributed by atoms with Crippen LogP contribution in [0.2, 0.25) is 0 Å². The molecule has 0 bridgehead atoms. The van der Waals surface area contributed by atoms with Crippen molar-refractivity contribution in [2.75, 3.05) is 18.4 Å². The highest BCUT2D eigenvalue weighted by Gasteiger charge is 2.11. The van der Waals surface area contributed by atoms with Crippen molar-refractivity contribution >= 4 is 22.9 Å². The Morgan fingerprint density at radius 2 is 2.43 bits per heavy atom. The molecule has 0 saturated carbocycles. The lowest BCUT2D eigenvalue weighted by atomic mass is 10.1. The molecule has 3 nitrogen and oxygen atoms in total. The van der Waals surface area contributed by atoms with Gasteiger partial charge < -0.3 is 10.6 Å². The zero-order chi connectivity index (χ0) is 10.4. The molecule has 2 N–H and O–H groups in total. The third-order valence-corrected chi connectivity index (χ3v) is 2.62. The van der Waals surface area contributed by atoms with Gasteiger partial charge in [0.15, 0.2) is 0 Å². The molecule has 1 unspecified atom stereocenters. The summed E-state index contributed by atoms with van der Waals surface area (Å²) in [6.45, 7) is 5.58. The normalized spacial score (nSPS) is 12.4. The third kappa shape index (κ3) is 3.47. The second-order valence-corrected chi connectivity index (χ2v) is 3.99. The van der Waals surface area contributed by atoms with Crippen LogP contribution in [-0.4, -0.2) is 19.0 Å². The summed E-state index contributed by atoms with van der Waals surface area (Å²) in [5.74, 6) is 0.0826. The number of thiophene rings is 1. The third-order valence-electron chi connectivity index (χ3n) is 1.94. The van der Waals surface area contributed by atoms with Gasteiger partial charge in [0.25, 0.3) is 0 Å². The Bertz CT molecular complexity index is 272. The van der Waals surface area contributed by atoms with Gasteiger partial charge in [-0.2, -0.15) is 11.3 Å². The summed E-state index contributed by atoms with van der Waals surface area (Å²) in [6.07, 6.45) is 0. The van der Waals surface area contributed by atoms with Crippen LogP contribution in [0.1, 0.15) is 13.8 Å². The maximum absolute atomic E-state index is 11.6. The van der Waals surface area contributed by atoms with E-state index in [1.54, 1.807) is 11.3 Å². The lowest BCUT2D eigenvalue weighted by Crippen LogP contribution is -2.30. The smallest absolute Gasteiger partial charge is 0.228 e. The summed E-state index contributed by atoms with van der Waals surface area (Å²) >= 11 is 1.58. The van der Waals surface area contributed by atoms with E-state index < -0.39 is 0 Å². The molecule has 0 spiro atoms. The summed E-state index contributed by atoms with van der Waals surface area (Å²) in [5.41, 5.74) is 0.892. The molecule has 0 radical (unpaired) electrons. The van der Waals surface area contributed by atoms with Gasteiger partial charge in [-0.1, -0.05) is 13.8 Å². The minimum Gasteiger partial charge on any atom is -0.325 e. The first-order valence-electron chi connectivity index (χ1n) is 4.77. The Balaban J connectivity index is 2.34. The number of carbonyl (C=O) groups is 1. The van der Waals surface area contributed by atoms with Crippen molar-refractivity contribution in [1.29, 1.82) is 0 Å². The predicted octanol–water partition coefficient (Wildman–Crippen LogP) is 1.93. The minimum atomic E-state index is 0.00912. The number of hydrogen-bond acceptors (Lipinski definition) is 3. The molecule has 0 aliphatic heterocycles. The molecular formula is C10H16N2OS. The van der Waals surface area contributed by atoms with Crippen LogP contribution in [0.4, 0.5) is 5.69 Å². The molecule has 1 aromatic rings. The number of amides is 1. The Labute approximate surface area is 88.5 Å². The van der Waals surface area contributed by atoms with Crippen molar-refractivity contribution in [3.8, 4) is 0 Å². The molecule has 1 atom stereocenters. The van der Waals surface area contributed by atoms with E-state index in [0.29, 0.717) is 0 Å². The fourth-order valence-electron chi connectivity index (χ4n) is 1.05. The highest BCUT2D eigenvalue weighted by Crippen LogP contribution is 2.12. The van der Waals surface area contributed by atoms with Crippen LogP contribution in [0.15, 0.2) is 16.8 Å². The molecular weight excluding hydrogens is 196 g/mol. The Morgan fingerprint density at radius 3 is 3.00 bits per heavy atom. The van der Waals surface area contributed by atoms with E-state index in [-0.39, 0.29) is 11.8 Å². The van der Waals surface area contributed by atoms with Crippen molar-refractivity contribution in [3.05, 3.63) is 16.8 Å². The number of rotatable bonds is 5. The van der Waals surface area contributed by atoms with Crippen LogP contribution in [0.5, 0.6) is 0 Å². The van der Waals surface area contributed by atoms with Crippen molar-refractivity contribution in [1.82, 2.24) is 5.32 Å². The number of anilines is 1. The maximum atomic E-state index is 11.6. The van der Waals surface area contributed by atoms with Crippen LogP contribution in [0.3, 0.4) is 0 Å². The lowest BCUT2D eigenvalue weighted by Gasteiger charge is -2.11. The second-order valence-electron chi connectivity index (χ2n) is 3.21. The molecule has 4 heteroatoms. The van der Waals surface area contributed by atoms with Gasteiger partial charge in [0.1, 0.15) is 0 Å². The first kappa shape index (κ1) is 11.2. The van der Waals surface area contributed by atoms with E-state index in [4.69, 9.17) is 0 Å². The molecule has 1 aromatic heterocycles. The topological polar surface area (TPSA) is 41.1 Å². The van der Waals surface area contributed by atoms with Crippen LogP contribution < -0.4 is 10.6 Å². The summed E-state index contributed by atoms with van der Waals surface area (Å²) in [4.78, 5) is 11.6. The highest BCUT2D eigenvalue weighted by atomic mass is 32.1. The van der Waals surface area contributed by atoms with Crippen molar-refractivity contribution in [2.45, 2.75) is 13.8 Å². The molecule has 1 heterocycles. The van der Waals surface area contributed by atoms with E-state index in [1.807, 2.05) is 30.7 Å². The largest absolute Gasteiger partial charge is 0.325 e. The molecule has 0 saturated heterocycles. The zero-order valence-electron chi connectivity index (χ0n) is 8.54. The van der Waals surface area contributed by atoms with Crippen LogP contribution >= 0.6 is 11.3 Å². The van der Waals surface area contributed by atoms with Gasteiger partial charge in [-0.3, -0.25) is 4.79 Å². The van der Waals surface area contributed by atoms with Gasteiger partial charge >= 0.3 is 0 Å². The SMILES string of the molecule is CCNCC(C)C(=O)Nc1ccsc1. The minimum absolute atomic E-state index is 0.00912. The maximum Gasteiger partial charge on any atom is 0.228 e. The number of hydrogen-bond donors (Lipinski definition) is 2. The molecule has 0 aromatic carbocycles. The quantitative estimate of drug-likeness (QED) is 0.783. The van der Waals surface area contributed by atoms with Crippen molar-refractivity contribution in [3.63, 3.8) is 0 Å². The standard InChI is InChI=1S/C10H16N2OS/c1-3-11-6-8(2)10(13)12-9-4-5-14-7-9/h4-5,7-8,11H,3,6H2,1-2H3,(H,12,13). The van der Waals surface area contributed by atoms with Gasteiger partial charge in [0.05, 0.1) is 5.69 Å². The van der Waals surface area contributed by atoms with E-state index in [9.17, 15) is 4.79 Å². The molecule has 0 aliphatic carbocycles. The summed E-state index contributed by atoms with van der Waals surface area (Å²) in [5, 5.41) is 9.89. The Morgan fingerprint density at radius 1 is 1.64 bits per heavy atom. The van der Waals surface area contributed by atoms with Gasteiger partial charge in [-0.05, 0) is 18.0 Å². The van der Waals surface area contributed by atoms with Crippen LogP contribution in [0.25, 0.3) is 0 Å². The number of carbonyl (C=O) groups excluding carboxylic acids is 1. The van der Waals surface area contributed by atoms with Crippen molar-refractivity contribution in [2.24, 2.45) is 5.92 Å². The molecule has 78 valence electrons. The van der Waals surface area contributed by atoms with E-state index in [1.165, 1.54) is 0 Å². The summed E-state index contributed by atoms with van der Waals surface area (Å²) < 4.78 is 0. The number of nitrogens with one attached hydrogen (secondary N) is 2. The Hall–Kier alpha value is -0.870. The van der Waals surface area contributed by atoms with Gasteiger partial charge in [-0.15, -0.1) is 0 Å². The first-order valence-corrected chi connectivity index (χ1v) is 5.72. The van der Waals surface area contributed by atoms with Gasteiger partial charge in [0.2, 0.25) is 5.91 Å². The van der Waals surface area contributed by atoms with Crippen molar-refractivity contribution < 1.29 is 4.79 Å². The molecule has 0 fully saturated rings. The molecule has 0 aliphatic rings. The average molecular weight is 212 g/mol. The molecule has 14 heavy (non-hydrogen) atoms. The summed E-state index contributed by atoms with van der Waals surface area (Å²) in [7, 11) is 0.